The van der Waals surface area contributed by atoms with Crippen LogP contribution in [0.15, 0.2) is 48.5 Å². The van der Waals surface area contributed by atoms with E-state index in [2.05, 4.69) is 15.4 Å². The Labute approximate surface area is 139 Å². The van der Waals surface area contributed by atoms with E-state index >= 15 is 0 Å². The number of nitrogens with zero attached hydrogens (tertiary/aromatic N) is 2. The van der Waals surface area contributed by atoms with Crippen molar-refractivity contribution in [1.82, 2.24) is 15.4 Å². The topological polar surface area (TPSA) is 77.1 Å². The lowest BCUT2D eigenvalue weighted by atomic mass is 10.0. The Morgan fingerprint density at radius 3 is 2.50 bits per heavy atom. The minimum Gasteiger partial charge on any atom is -0.497 e. The summed E-state index contributed by atoms with van der Waals surface area (Å²) >= 11 is 0. The molecule has 0 saturated carbocycles. The van der Waals surface area contributed by atoms with Gasteiger partial charge >= 0.3 is 5.97 Å². The zero-order chi connectivity index (χ0) is 16.9. The van der Waals surface area contributed by atoms with Gasteiger partial charge in [-0.25, -0.2) is 4.79 Å². The van der Waals surface area contributed by atoms with Gasteiger partial charge in [-0.3, -0.25) is 0 Å². The lowest BCUT2D eigenvalue weighted by Gasteiger charge is -2.06. The summed E-state index contributed by atoms with van der Waals surface area (Å²) in [6.45, 7) is 2.04. The maximum Gasteiger partial charge on any atom is 0.361 e. The average Bonchev–Trinajstić information content (AvgIpc) is 3.12. The smallest absolute Gasteiger partial charge is 0.361 e. The van der Waals surface area contributed by atoms with Crippen molar-refractivity contribution in [2.75, 3.05) is 13.7 Å². The number of hydrogen-bond donors (Lipinski definition) is 1. The van der Waals surface area contributed by atoms with Gasteiger partial charge in [0.2, 0.25) is 0 Å². The highest BCUT2D eigenvalue weighted by Gasteiger charge is 2.19. The molecule has 0 spiro atoms. The van der Waals surface area contributed by atoms with Crippen LogP contribution in [0.2, 0.25) is 0 Å². The first-order valence-electron chi connectivity index (χ1n) is 7.55. The quantitative estimate of drug-likeness (QED) is 0.729. The highest BCUT2D eigenvalue weighted by Crippen LogP contribution is 2.28. The number of aromatic amines is 1. The van der Waals surface area contributed by atoms with Gasteiger partial charge in [0, 0.05) is 5.56 Å². The molecule has 0 aliphatic carbocycles. The van der Waals surface area contributed by atoms with Crippen molar-refractivity contribution in [2.45, 2.75) is 6.92 Å². The monoisotopic (exact) mass is 323 g/mol. The Bertz CT molecular complexity index is 841. The summed E-state index contributed by atoms with van der Waals surface area (Å²) in [6, 6.07) is 15.5. The number of carbonyl (C=O) groups excluding carboxylic acids is 1. The van der Waals surface area contributed by atoms with E-state index in [0.29, 0.717) is 5.69 Å². The first-order chi connectivity index (χ1) is 11.7. The van der Waals surface area contributed by atoms with Crippen molar-refractivity contribution < 1.29 is 14.3 Å². The SMILES string of the molecule is CCOC(=O)c1n[nH]nc1-c1cccc(-c2ccc(OC)cc2)c1. The summed E-state index contributed by atoms with van der Waals surface area (Å²) in [5.41, 5.74) is 3.50. The minimum atomic E-state index is -0.490. The Kier molecular flexibility index (Phi) is 4.56. The zero-order valence-corrected chi connectivity index (χ0v) is 13.4. The molecule has 0 aliphatic rings. The number of nitrogens with one attached hydrogen (secondary N) is 1. The Morgan fingerprint density at radius 2 is 1.79 bits per heavy atom. The highest BCUT2D eigenvalue weighted by molar-refractivity contribution is 5.94. The molecule has 0 aliphatic heterocycles. The molecule has 3 rings (SSSR count). The minimum absolute atomic E-state index is 0.184. The fourth-order valence-corrected chi connectivity index (χ4v) is 2.40. The molecular formula is C18H17N3O3. The maximum atomic E-state index is 12.0. The summed E-state index contributed by atoms with van der Waals surface area (Å²) in [6.07, 6.45) is 0. The van der Waals surface area contributed by atoms with E-state index in [-0.39, 0.29) is 12.3 Å². The van der Waals surface area contributed by atoms with E-state index in [1.807, 2.05) is 48.5 Å². The van der Waals surface area contributed by atoms with Gasteiger partial charge in [-0.1, -0.05) is 30.3 Å². The summed E-state index contributed by atoms with van der Waals surface area (Å²) in [7, 11) is 1.64. The molecule has 6 heteroatoms. The fraction of sp³-hybridized carbons (Fsp3) is 0.167. The van der Waals surface area contributed by atoms with Crippen molar-refractivity contribution >= 4 is 5.97 Å². The molecule has 0 unspecified atom stereocenters. The fourth-order valence-electron chi connectivity index (χ4n) is 2.40. The lowest BCUT2D eigenvalue weighted by Crippen LogP contribution is -2.06. The zero-order valence-electron chi connectivity index (χ0n) is 13.4. The molecule has 6 nitrogen and oxygen atoms in total. The van der Waals surface area contributed by atoms with Crippen molar-refractivity contribution in [1.29, 1.82) is 0 Å². The average molecular weight is 323 g/mol. The Morgan fingerprint density at radius 1 is 1.04 bits per heavy atom. The van der Waals surface area contributed by atoms with Gasteiger partial charge in [0.25, 0.3) is 0 Å². The van der Waals surface area contributed by atoms with Gasteiger partial charge < -0.3 is 9.47 Å². The molecule has 122 valence electrons. The number of aromatic nitrogens is 3. The number of rotatable bonds is 5. The highest BCUT2D eigenvalue weighted by atomic mass is 16.5. The van der Waals surface area contributed by atoms with Crippen molar-refractivity contribution in [3.8, 4) is 28.1 Å². The first-order valence-corrected chi connectivity index (χ1v) is 7.55. The van der Waals surface area contributed by atoms with Gasteiger partial charge in [-0.2, -0.15) is 10.3 Å². The van der Waals surface area contributed by atoms with E-state index in [1.165, 1.54) is 0 Å². The number of esters is 1. The van der Waals surface area contributed by atoms with Gasteiger partial charge in [0.05, 0.1) is 13.7 Å². The van der Waals surface area contributed by atoms with Crippen molar-refractivity contribution in [3.05, 3.63) is 54.2 Å². The van der Waals surface area contributed by atoms with Gasteiger partial charge in [0.1, 0.15) is 11.4 Å². The van der Waals surface area contributed by atoms with E-state index in [4.69, 9.17) is 9.47 Å². The number of carbonyl (C=O) groups is 1. The number of benzene rings is 2. The molecule has 0 bridgehead atoms. The number of methoxy groups -OCH3 is 1. The number of hydrogen-bond acceptors (Lipinski definition) is 5. The van der Waals surface area contributed by atoms with Crippen LogP contribution >= 0.6 is 0 Å². The van der Waals surface area contributed by atoms with Crippen LogP contribution in [0.4, 0.5) is 0 Å². The molecule has 3 aromatic rings. The molecule has 0 saturated heterocycles. The third kappa shape index (κ3) is 3.12. The molecule has 1 aromatic heterocycles. The van der Waals surface area contributed by atoms with Crippen LogP contribution in [-0.4, -0.2) is 35.1 Å². The van der Waals surface area contributed by atoms with Crippen LogP contribution in [0, 0.1) is 0 Å². The Balaban J connectivity index is 1.96. The second-order valence-corrected chi connectivity index (χ2v) is 5.05. The standard InChI is InChI=1S/C18H17N3O3/c1-3-24-18(22)17-16(19-21-20-17)14-6-4-5-13(11-14)12-7-9-15(23-2)10-8-12/h4-11H,3H2,1-2H3,(H,19,20,21). The van der Waals surface area contributed by atoms with Gasteiger partial charge in [-0.15, -0.1) is 5.10 Å². The third-order valence-corrected chi connectivity index (χ3v) is 3.58. The first kappa shape index (κ1) is 15.7. The van der Waals surface area contributed by atoms with E-state index in [0.717, 1.165) is 22.4 Å². The van der Waals surface area contributed by atoms with Crippen molar-refractivity contribution in [2.24, 2.45) is 0 Å². The van der Waals surface area contributed by atoms with Crippen LogP contribution in [0.5, 0.6) is 5.75 Å². The van der Waals surface area contributed by atoms with Crippen LogP contribution in [-0.2, 0) is 4.74 Å². The number of ether oxygens (including phenoxy) is 2. The summed E-state index contributed by atoms with van der Waals surface area (Å²) in [5, 5.41) is 10.5. The van der Waals surface area contributed by atoms with Crippen LogP contribution in [0.25, 0.3) is 22.4 Å². The molecule has 0 atom stereocenters. The molecule has 2 aromatic carbocycles. The van der Waals surface area contributed by atoms with E-state index in [1.54, 1.807) is 14.0 Å². The second-order valence-electron chi connectivity index (χ2n) is 5.05. The molecular weight excluding hydrogens is 306 g/mol. The third-order valence-electron chi connectivity index (χ3n) is 3.58. The Hall–Kier alpha value is -3.15. The van der Waals surface area contributed by atoms with E-state index < -0.39 is 5.97 Å². The largest absolute Gasteiger partial charge is 0.497 e. The molecule has 0 amide bonds. The summed E-state index contributed by atoms with van der Waals surface area (Å²) in [5.74, 6) is 0.312. The molecule has 1 heterocycles. The van der Waals surface area contributed by atoms with E-state index in [9.17, 15) is 4.79 Å². The summed E-state index contributed by atoms with van der Waals surface area (Å²) in [4.78, 5) is 12.0. The molecule has 1 N–H and O–H groups in total. The molecule has 0 fully saturated rings. The second kappa shape index (κ2) is 6.95. The predicted molar refractivity (Wildman–Crippen MR) is 89.8 cm³/mol. The van der Waals surface area contributed by atoms with Gasteiger partial charge in [-0.05, 0) is 36.2 Å². The maximum absolute atomic E-state index is 12.0. The normalized spacial score (nSPS) is 10.4. The molecule has 24 heavy (non-hydrogen) atoms. The summed E-state index contributed by atoms with van der Waals surface area (Å²) < 4.78 is 10.2. The number of H-pyrrole nitrogens is 1. The van der Waals surface area contributed by atoms with Crippen molar-refractivity contribution in [3.63, 3.8) is 0 Å². The van der Waals surface area contributed by atoms with Crippen LogP contribution < -0.4 is 4.74 Å². The molecule has 0 radical (unpaired) electrons. The van der Waals surface area contributed by atoms with Crippen LogP contribution in [0.3, 0.4) is 0 Å². The predicted octanol–water partition coefficient (Wildman–Crippen LogP) is 3.32. The lowest BCUT2D eigenvalue weighted by molar-refractivity contribution is 0.0520. The van der Waals surface area contributed by atoms with Crippen LogP contribution in [0.1, 0.15) is 17.4 Å². The van der Waals surface area contributed by atoms with Gasteiger partial charge in [0.15, 0.2) is 5.69 Å².